The number of hydrogen-bond donors (Lipinski definition) is 0. The number of rotatable bonds is 18. The van der Waals surface area contributed by atoms with Crippen LogP contribution in [0.3, 0.4) is 0 Å². The number of nitrogens with zero attached hydrogens (tertiary/aromatic N) is 2. The molecule has 0 N–H and O–H groups in total. The lowest BCUT2D eigenvalue weighted by molar-refractivity contribution is 0.552. The summed E-state index contributed by atoms with van der Waals surface area (Å²) in [6, 6.07) is 16.6. The van der Waals surface area contributed by atoms with Crippen molar-refractivity contribution in [1.82, 2.24) is 9.13 Å². The largest absolute Gasteiger partial charge is 0.340 e. The molecule has 246 valence electrons. The van der Waals surface area contributed by atoms with Crippen LogP contribution in [-0.2, 0) is 13.1 Å². The second kappa shape index (κ2) is 16.4. The van der Waals surface area contributed by atoms with E-state index in [0.29, 0.717) is 0 Å². The molecule has 0 unspecified atom stereocenters. The minimum absolute atomic E-state index is 0.0675. The summed E-state index contributed by atoms with van der Waals surface area (Å²) in [6.45, 7) is 10.3. The van der Waals surface area contributed by atoms with Crippen molar-refractivity contribution in [2.45, 2.75) is 144 Å². The van der Waals surface area contributed by atoms with Crippen LogP contribution in [-0.4, -0.2) is 9.13 Å². The molecule has 0 atom stereocenters. The number of unbranched alkanes of at least 4 members (excludes halogenated alkanes) is 14. The maximum absolute atomic E-state index is 14.1. The fourth-order valence-corrected chi connectivity index (χ4v) is 7.36. The van der Waals surface area contributed by atoms with Gasteiger partial charge < -0.3 is 9.13 Å². The lowest BCUT2D eigenvalue weighted by atomic mass is 10.0. The van der Waals surface area contributed by atoms with Crippen molar-refractivity contribution < 1.29 is 0 Å². The zero-order chi connectivity index (χ0) is 32.5. The minimum Gasteiger partial charge on any atom is -0.340 e. The van der Waals surface area contributed by atoms with Gasteiger partial charge in [0.2, 0.25) is 0 Å². The fraction of sp³-hybridized carbons (Fsp3) is 0.524. The Balaban J connectivity index is 1.55. The molecule has 0 radical (unpaired) electrons. The van der Waals surface area contributed by atoms with Crippen molar-refractivity contribution in [3.05, 3.63) is 80.1 Å². The number of aryl methyl sites for hydroxylation is 4. The Kier molecular flexibility index (Phi) is 12.1. The molecule has 0 amide bonds. The number of benzene rings is 3. The molecule has 4 heteroatoms. The average molecular weight is 621 g/mol. The highest BCUT2D eigenvalue weighted by Crippen LogP contribution is 2.28. The van der Waals surface area contributed by atoms with Crippen molar-refractivity contribution in [3.8, 4) is 0 Å². The molecule has 0 aliphatic heterocycles. The van der Waals surface area contributed by atoms with Gasteiger partial charge in [0.25, 0.3) is 0 Å². The van der Waals surface area contributed by atoms with E-state index in [9.17, 15) is 9.59 Å². The van der Waals surface area contributed by atoms with Crippen molar-refractivity contribution in [2.75, 3.05) is 0 Å². The molecule has 0 aliphatic rings. The maximum Gasteiger partial charge on any atom is 0.197 e. The van der Waals surface area contributed by atoms with E-state index in [1.807, 2.05) is 24.3 Å². The molecule has 0 bridgehead atoms. The van der Waals surface area contributed by atoms with E-state index in [1.54, 1.807) is 0 Å². The Hall–Kier alpha value is -3.40. The lowest BCUT2D eigenvalue weighted by Crippen LogP contribution is -2.16. The Morgan fingerprint density at radius 2 is 0.739 bits per heavy atom. The summed E-state index contributed by atoms with van der Waals surface area (Å²) in [4.78, 5) is 28.3. The van der Waals surface area contributed by atoms with Gasteiger partial charge in [-0.25, -0.2) is 0 Å². The molecule has 5 rings (SSSR count). The van der Waals surface area contributed by atoms with E-state index in [-0.39, 0.29) is 10.9 Å². The van der Waals surface area contributed by atoms with Gasteiger partial charge in [0.1, 0.15) is 0 Å². The van der Waals surface area contributed by atoms with Crippen LogP contribution >= 0.6 is 0 Å². The summed E-state index contributed by atoms with van der Waals surface area (Å²) in [7, 11) is 0. The zero-order valence-electron chi connectivity index (χ0n) is 29.1. The second-order valence-corrected chi connectivity index (χ2v) is 13.8. The topological polar surface area (TPSA) is 44.0 Å². The average Bonchev–Trinajstić information content (AvgIpc) is 3.06. The summed E-state index contributed by atoms with van der Waals surface area (Å²) in [6.07, 6.45) is 20.1. The van der Waals surface area contributed by atoms with E-state index >= 15 is 0 Å². The third-order valence-electron chi connectivity index (χ3n) is 10.0. The van der Waals surface area contributed by atoms with Crippen molar-refractivity contribution >= 4 is 43.6 Å². The van der Waals surface area contributed by atoms with Gasteiger partial charge in [-0.2, -0.15) is 0 Å². The second-order valence-electron chi connectivity index (χ2n) is 13.8. The zero-order valence-corrected chi connectivity index (χ0v) is 29.1. The summed E-state index contributed by atoms with van der Waals surface area (Å²) >= 11 is 0. The van der Waals surface area contributed by atoms with Crippen LogP contribution in [0.4, 0.5) is 0 Å². The van der Waals surface area contributed by atoms with E-state index in [4.69, 9.17) is 0 Å². The van der Waals surface area contributed by atoms with Crippen LogP contribution in [0.15, 0.2) is 58.1 Å². The first-order chi connectivity index (χ1) is 22.4. The van der Waals surface area contributed by atoms with Gasteiger partial charge in [0.15, 0.2) is 10.9 Å². The van der Waals surface area contributed by atoms with Gasteiger partial charge in [-0.05, 0) is 63.1 Å². The highest BCUT2D eigenvalue weighted by molar-refractivity contribution is 6.03. The highest BCUT2D eigenvalue weighted by atomic mass is 16.1. The third kappa shape index (κ3) is 7.76. The number of fused-ring (bicyclic) bond motifs is 4. The SMILES string of the molecule is CCCCCCCCCCn1c2ccc(C)cc2c(=O)c2cc3c(cc21)c(=O)c1cc(C)ccc1n3CCCCCCCCCC. The maximum atomic E-state index is 14.1. The molecule has 4 nitrogen and oxygen atoms in total. The monoisotopic (exact) mass is 620 g/mol. The summed E-state index contributed by atoms with van der Waals surface area (Å²) in [5, 5.41) is 3.00. The van der Waals surface area contributed by atoms with Crippen molar-refractivity contribution in [3.63, 3.8) is 0 Å². The lowest BCUT2D eigenvalue weighted by Gasteiger charge is -2.19. The van der Waals surface area contributed by atoms with Gasteiger partial charge in [0.05, 0.1) is 22.1 Å². The number of pyridine rings is 2. The molecule has 2 aromatic heterocycles. The van der Waals surface area contributed by atoms with Crippen LogP contribution in [0.2, 0.25) is 0 Å². The molecular weight excluding hydrogens is 564 g/mol. The molecule has 0 saturated carbocycles. The van der Waals surface area contributed by atoms with Crippen LogP contribution in [0.5, 0.6) is 0 Å². The first-order valence-electron chi connectivity index (χ1n) is 18.5. The van der Waals surface area contributed by atoms with E-state index in [0.717, 1.165) is 80.7 Å². The molecule has 2 heterocycles. The molecular formula is C42H56N2O2. The Bertz CT molecular complexity index is 1760. The van der Waals surface area contributed by atoms with Gasteiger partial charge in [0, 0.05) is 34.6 Å². The smallest absolute Gasteiger partial charge is 0.197 e. The number of aromatic nitrogens is 2. The summed E-state index contributed by atoms with van der Waals surface area (Å²) < 4.78 is 4.65. The molecule has 0 saturated heterocycles. The van der Waals surface area contributed by atoms with Crippen LogP contribution in [0.1, 0.15) is 128 Å². The van der Waals surface area contributed by atoms with E-state index in [1.165, 1.54) is 89.9 Å². The first kappa shape index (κ1) is 33.9. The fourth-order valence-electron chi connectivity index (χ4n) is 7.36. The standard InChI is InChI=1S/C42H56N2O2/c1-5-7-9-11-13-15-17-19-25-43-37-23-21-31(3)27-33(37)41(45)35-30-40-36(29-39(35)43)42(46)34-28-32(4)22-24-38(34)44(40)26-20-18-16-14-12-10-8-6-2/h21-24,27-30H,5-20,25-26H2,1-4H3. The van der Waals surface area contributed by atoms with Crippen LogP contribution in [0, 0.1) is 13.8 Å². The molecule has 5 aromatic rings. The number of hydrogen-bond acceptors (Lipinski definition) is 2. The Morgan fingerprint density at radius 1 is 0.413 bits per heavy atom. The molecule has 0 spiro atoms. The quantitative estimate of drug-likeness (QED) is 0.0722. The predicted octanol–water partition coefficient (Wildman–Crippen LogP) is 11.5. The predicted molar refractivity (Wildman–Crippen MR) is 200 cm³/mol. The normalized spacial score (nSPS) is 11.9. The first-order valence-corrected chi connectivity index (χ1v) is 18.5. The van der Waals surface area contributed by atoms with Gasteiger partial charge in [-0.3, -0.25) is 9.59 Å². The molecule has 3 aromatic carbocycles. The highest BCUT2D eigenvalue weighted by Gasteiger charge is 2.17. The molecule has 0 aliphatic carbocycles. The van der Waals surface area contributed by atoms with Gasteiger partial charge >= 0.3 is 0 Å². The Morgan fingerprint density at radius 3 is 1.11 bits per heavy atom. The van der Waals surface area contributed by atoms with Crippen molar-refractivity contribution in [1.29, 1.82) is 0 Å². The van der Waals surface area contributed by atoms with E-state index in [2.05, 4.69) is 61.1 Å². The van der Waals surface area contributed by atoms with Crippen molar-refractivity contribution in [2.24, 2.45) is 0 Å². The van der Waals surface area contributed by atoms with Gasteiger partial charge in [-0.15, -0.1) is 0 Å². The molecule has 0 fully saturated rings. The summed E-state index contributed by atoms with van der Waals surface area (Å²) in [5.74, 6) is 0. The Labute approximate surface area is 275 Å². The minimum atomic E-state index is 0.0675. The summed E-state index contributed by atoms with van der Waals surface area (Å²) in [5.41, 5.74) is 6.05. The molecule has 46 heavy (non-hydrogen) atoms. The van der Waals surface area contributed by atoms with Crippen LogP contribution < -0.4 is 10.9 Å². The van der Waals surface area contributed by atoms with Crippen LogP contribution in [0.25, 0.3) is 43.6 Å². The third-order valence-corrected chi connectivity index (χ3v) is 10.0. The van der Waals surface area contributed by atoms with Gasteiger partial charge in [-0.1, -0.05) is 127 Å². The van der Waals surface area contributed by atoms with E-state index < -0.39 is 0 Å².